The molecule has 1 rings (SSSR count). The van der Waals surface area contributed by atoms with Gasteiger partial charge in [-0.2, -0.15) is 0 Å². The molecule has 0 saturated heterocycles. The summed E-state index contributed by atoms with van der Waals surface area (Å²) in [6.07, 6.45) is 0. The van der Waals surface area contributed by atoms with Gasteiger partial charge in [0.25, 0.3) is 5.91 Å². The highest BCUT2D eigenvalue weighted by Crippen LogP contribution is 2.10. The SMILES string of the molecule is CN=C(N)NC(=O)c1ccc(OC)cc1. The number of benzene rings is 1. The lowest BCUT2D eigenvalue weighted by molar-refractivity contribution is 0.0976. The number of ether oxygens (including phenoxy) is 1. The van der Waals surface area contributed by atoms with Gasteiger partial charge in [-0.25, -0.2) is 0 Å². The molecule has 80 valence electrons. The van der Waals surface area contributed by atoms with E-state index in [1.54, 1.807) is 31.4 Å². The van der Waals surface area contributed by atoms with Crippen molar-refractivity contribution in [2.24, 2.45) is 10.7 Å². The first-order chi connectivity index (χ1) is 7.17. The van der Waals surface area contributed by atoms with Gasteiger partial charge in [0.2, 0.25) is 0 Å². The maximum Gasteiger partial charge on any atom is 0.257 e. The number of carbonyl (C=O) groups is 1. The van der Waals surface area contributed by atoms with Crippen molar-refractivity contribution < 1.29 is 9.53 Å². The zero-order valence-electron chi connectivity index (χ0n) is 8.65. The first-order valence-electron chi connectivity index (χ1n) is 4.35. The minimum Gasteiger partial charge on any atom is -0.497 e. The van der Waals surface area contributed by atoms with Gasteiger partial charge >= 0.3 is 0 Å². The smallest absolute Gasteiger partial charge is 0.257 e. The Labute approximate surface area is 88.0 Å². The number of hydrogen-bond acceptors (Lipinski definition) is 3. The highest BCUT2D eigenvalue weighted by atomic mass is 16.5. The van der Waals surface area contributed by atoms with Gasteiger partial charge < -0.3 is 10.5 Å². The van der Waals surface area contributed by atoms with Crippen LogP contribution in [0.25, 0.3) is 0 Å². The molecule has 5 heteroatoms. The first kappa shape index (κ1) is 11.0. The summed E-state index contributed by atoms with van der Waals surface area (Å²) >= 11 is 0. The number of amides is 1. The van der Waals surface area contributed by atoms with Crippen molar-refractivity contribution in [2.75, 3.05) is 14.2 Å². The van der Waals surface area contributed by atoms with Gasteiger partial charge in [-0.1, -0.05) is 0 Å². The van der Waals surface area contributed by atoms with Crippen molar-refractivity contribution >= 4 is 11.9 Å². The van der Waals surface area contributed by atoms with Gasteiger partial charge in [0.1, 0.15) is 5.75 Å². The van der Waals surface area contributed by atoms with E-state index < -0.39 is 0 Å². The molecule has 5 nitrogen and oxygen atoms in total. The molecular formula is C10H13N3O2. The van der Waals surface area contributed by atoms with E-state index in [0.29, 0.717) is 11.3 Å². The Bertz CT molecular complexity index is 371. The Kier molecular flexibility index (Phi) is 3.68. The van der Waals surface area contributed by atoms with E-state index in [4.69, 9.17) is 10.5 Å². The van der Waals surface area contributed by atoms with Crippen LogP contribution < -0.4 is 15.8 Å². The van der Waals surface area contributed by atoms with Crippen LogP contribution in [-0.2, 0) is 0 Å². The van der Waals surface area contributed by atoms with Gasteiger partial charge in [0.05, 0.1) is 7.11 Å². The maximum absolute atomic E-state index is 11.5. The molecule has 1 aromatic rings. The van der Waals surface area contributed by atoms with Gasteiger partial charge in [0.15, 0.2) is 5.96 Å². The molecule has 0 aromatic heterocycles. The van der Waals surface area contributed by atoms with Crippen molar-refractivity contribution in [1.82, 2.24) is 5.32 Å². The van der Waals surface area contributed by atoms with Crippen LogP contribution in [0.1, 0.15) is 10.4 Å². The lowest BCUT2D eigenvalue weighted by Gasteiger charge is -2.04. The van der Waals surface area contributed by atoms with Gasteiger partial charge in [-0.15, -0.1) is 0 Å². The molecule has 0 fully saturated rings. The third kappa shape index (κ3) is 2.98. The third-order valence-electron chi connectivity index (χ3n) is 1.83. The van der Waals surface area contributed by atoms with E-state index in [9.17, 15) is 4.79 Å². The van der Waals surface area contributed by atoms with E-state index in [1.165, 1.54) is 7.05 Å². The molecule has 3 N–H and O–H groups in total. The molecule has 1 amide bonds. The van der Waals surface area contributed by atoms with Crippen LogP contribution >= 0.6 is 0 Å². The number of rotatable bonds is 2. The lowest BCUT2D eigenvalue weighted by Crippen LogP contribution is -2.36. The fourth-order valence-corrected chi connectivity index (χ4v) is 0.987. The van der Waals surface area contributed by atoms with Crippen molar-refractivity contribution in [3.63, 3.8) is 0 Å². The minimum absolute atomic E-state index is 0.0934. The molecule has 0 aliphatic rings. The van der Waals surface area contributed by atoms with Crippen LogP contribution in [0.5, 0.6) is 5.75 Å². The Morgan fingerprint density at radius 3 is 2.47 bits per heavy atom. The van der Waals surface area contributed by atoms with Crippen LogP contribution in [-0.4, -0.2) is 26.0 Å². The summed E-state index contributed by atoms with van der Waals surface area (Å²) in [5.41, 5.74) is 5.86. The molecule has 0 saturated carbocycles. The zero-order valence-corrected chi connectivity index (χ0v) is 8.65. The second kappa shape index (κ2) is 4.99. The monoisotopic (exact) mass is 207 g/mol. The summed E-state index contributed by atoms with van der Waals surface area (Å²) in [4.78, 5) is 15.1. The Morgan fingerprint density at radius 1 is 1.40 bits per heavy atom. The number of nitrogens with two attached hydrogens (primary N) is 1. The fraction of sp³-hybridized carbons (Fsp3) is 0.200. The number of guanidine groups is 1. The zero-order chi connectivity index (χ0) is 11.3. The summed E-state index contributed by atoms with van der Waals surface area (Å²) in [6.45, 7) is 0. The molecule has 15 heavy (non-hydrogen) atoms. The van der Waals surface area contributed by atoms with E-state index in [1.807, 2.05) is 0 Å². The van der Waals surface area contributed by atoms with E-state index in [2.05, 4.69) is 10.3 Å². The summed E-state index contributed by atoms with van der Waals surface area (Å²) < 4.78 is 4.97. The van der Waals surface area contributed by atoms with E-state index in [-0.39, 0.29) is 11.9 Å². The summed E-state index contributed by atoms with van der Waals surface area (Å²) in [6, 6.07) is 6.70. The number of methoxy groups -OCH3 is 1. The fourth-order valence-electron chi connectivity index (χ4n) is 0.987. The molecule has 0 unspecified atom stereocenters. The van der Waals surface area contributed by atoms with E-state index >= 15 is 0 Å². The number of nitrogens with zero attached hydrogens (tertiary/aromatic N) is 1. The summed E-state index contributed by atoms with van der Waals surface area (Å²) in [7, 11) is 3.07. The number of aliphatic imine (C=N–C) groups is 1. The molecule has 0 atom stereocenters. The van der Waals surface area contributed by atoms with Crippen LogP contribution in [0.2, 0.25) is 0 Å². The van der Waals surface area contributed by atoms with Crippen molar-refractivity contribution in [2.45, 2.75) is 0 Å². The van der Waals surface area contributed by atoms with Crippen LogP contribution in [0.4, 0.5) is 0 Å². The van der Waals surface area contributed by atoms with Gasteiger partial charge in [-0.05, 0) is 24.3 Å². The van der Waals surface area contributed by atoms with E-state index in [0.717, 1.165) is 0 Å². The molecule has 0 spiro atoms. The van der Waals surface area contributed by atoms with Crippen LogP contribution in [0, 0.1) is 0 Å². The first-order valence-corrected chi connectivity index (χ1v) is 4.35. The quantitative estimate of drug-likeness (QED) is 0.543. The molecular weight excluding hydrogens is 194 g/mol. The number of hydrogen-bond donors (Lipinski definition) is 2. The lowest BCUT2D eigenvalue weighted by atomic mass is 10.2. The highest BCUT2D eigenvalue weighted by Gasteiger charge is 2.05. The Morgan fingerprint density at radius 2 is 2.00 bits per heavy atom. The predicted molar refractivity (Wildman–Crippen MR) is 58.0 cm³/mol. The second-order valence-corrected chi connectivity index (χ2v) is 2.79. The second-order valence-electron chi connectivity index (χ2n) is 2.79. The standard InChI is InChI=1S/C10H13N3O2/c1-12-10(11)13-9(14)7-3-5-8(15-2)6-4-7/h3-6H,1-2H3,(H3,11,12,13,14). The molecule has 0 heterocycles. The predicted octanol–water partition coefficient (Wildman–Crippen LogP) is 0.369. The molecule has 0 bridgehead atoms. The van der Waals surface area contributed by atoms with Crippen LogP contribution in [0.15, 0.2) is 29.3 Å². The topological polar surface area (TPSA) is 76.7 Å². The normalized spacial score (nSPS) is 10.9. The maximum atomic E-state index is 11.5. The highest BCUT2D eigenvalue weighted by molar-refractivity contribution is 6.05. The molecule has 0 aliphatic carbocycles. The average Bonchev–Trinajstić information content (AvgIpc) is 2.29. The van der Waals surface area contributed by atoms with Crippen molar-refractivity contribution in [3.05, 3.63) is 29.8 Å². The summed E-state index contributed by atoms with van der Waals surface area (Å²) in [5, 5.41) is 2.43. The molecule has 0 radical (unpaired) electrons. The van der Waals surface area contributed by atoms with Crippen LogP contribution in [0.3, 0.4) is 0 Å². The molecule has 1 aromatic carbocycles. The van der Waals surface area contributed by atoms with Crippen molar-refractivity contribution in [3.8, 4) is 5.75 Å². The third-order valence-corrected chi connectivity index (χ3v) is 1.83. The van der Waals surface area contributed by atoms with Crippen molar-refractivity contribution in [1.29, 1.82) is 0 Å². The summed E-state index contributed by atoms with van der Waals surface area (Å²) in [5.74, 6) is 0.500. The average molecular weight is 207 g/mol. The Balaban J connectivity index is 2.74. The molecule has 0 aliphatic heterocycles. The number of carbonyl (C=O) groups excluding carboxylic acids is 1. The Hall–Kier alpha value is -2.04. The number of nitrogens with one attached hydrogen (secondary N) is 1. The van der Waals surface area contributed by atoms with Gasteiger partial charge in [-0.3, -0.25) is 15.1 Å². The van der Waals surface area contributed by atoms with Gasteiger partial charge in [0, 0.05) is 12.6 Å². The largest absolute Gasteiger partial charge is 0.497 e. The minimum atomic E-state index is -0.291.